The topological polar surface area (TPSA) is 87.3 Å². The highest BCUT2D eigenvalue weighted by atomic mass is 32.1. The van der Waals surface area contributed by atoms with Crippen LogP contribution in [0.3, 0.4) is 0 Å². The molecule has 0 bridgehead atoms. The zero-order valence-corrected chi connectivity index (χ0v) is 12.4. The fourth-order valence-electron chi connectivity index (χ4n) is 2.32. The highest BCUT2D eigenvalue weighted by molar-refractivity contribution is 7.12. The van der Waals surface area contributed by atoms with Crippen molar-refractivity contribution >= 4 is 28.0 Å². The lowest BCUT2D eigenvalue weighted by Gasteiger charge is -1.94. The van der Waals surface area contributed by atoms with Crippen LogP contribution in [0.1, 0.15) is 21.2 Å². The Morgan fingerprint density at radius 1 is 1.23 bits per heavy atom. The monoisotopic (exact) mass is 309 g/mol. The van der Waals surface area contributed by atoms with Gasteiger partial charge in [0.2, 0.25) is 5.78 Å². The van der Waals surface area contributed by atoms with E-state index in [1.165, 1.54) is 11.3 Å². The lowest BCUT2D eigenvalue weighted by atomic mass is 10.1. The zero-order valence-electron chi connectivity index (χ0n) is 11.6. The van der Waals surface area contributed by atoms with Crippen molar-refractivity contribution in [2.45, 2.75) is 6.92 Å². The maximum Gasteiger partial charge on any atom is 0.223 e. The fourth-order valence-corrected chi connectivity index (χ4v) is 3.08. The average Bonchev–Trinajstić information content (AvgIpc) is 3.25. The van der Waals surface area contributed by atoms with E-state index in [1.54, 1.807) is 6.20 Å². The van der Waals surface area contributed by atoms with Crippen molar-refractivity contribution in [1.82, 2.24) is 25.1 Å². The first-order valence-electron chi connectivity index (χ1n) is 6.68. The quantitative estimate of drug-likeness (QED) is 0.570. The van der Waals surface area contributed by atoms with E-state index in [4.69, 9.17) is 0 Å². The largest absolute Gasteiger partial charge is 0.360 e. The van der Waals surface area contributed by atoms with Crippen LogP contribution in [-0.4, -0.2) is 30.9 Å². The minimum Gasteiger partial charge on any atom is -0.360 e. The molecule has 7 heteroatoms. The maximum absolute atomic E-state index is 12.7. The first kappa shape index (κ1) is 12.9. The molecule has 0 saturated heterocycles. The normalized spacial score (nSPS) is 11.1. The number of aryl methyl sites for hydroxylation is 1. The number of thiazole rings is 1. The van der Waals surface area contributed by atoms with Gasteiger partial charge in [-0.25, -0.2) is 4.98 Å². The number of aromatic nitrogens is 5. The second-order valence-electron chi connectivity index (χ2n) is 4.87. The maximum atomic E-state index is 12.7. The highest BCUT2D eigenvalue weighted by Crippen LogP contribution is 2.24. The number of hydrogen-bond acceptors (Lipinski definition) is 5. The van der Waals surface area contributed by atoms with Crippen LogP contribution in [0.15, 0.2) is 35.8 Å². The molecular formula is C15H11N5OS. The molecule has 0 aliphatic carbocycles. The van der Waals surface area contributed by atoms with Gasteiger partial charge in [-0.3, -0.25) is 4.79 Å². The molecule has 6 nitrogen and oxygen atoms in total. The standard InChI is InChI=1S/C15H11N5OS/c1-8-17-14(20-19-8)12-7-22-15(18-12)13(21)10-6-16-11-5-3-2-4-9(10)11/h2-7,16H,1H3,(H,17,19,20). The SMILES string of the molecule is Cc1nnc(-c2csc(C(=O)c3c[nH]c4ccccc34)n2)[nH]1. The Balaban J connectivity index is 1.73. The van der Waals surface area contributed by atoms with E-state index in [9.17, 15) is 4.79 Å². The smallest absolute Gasteiger partial charge is 0.223 e. The van der Waals surface area contributed by atoms with E-state index >= 15 is 0 Å². The van der Waals surface area contributed by atoms with Gasteiger partial charge in [0.15, 0.2) is 10.8 Å². The number of nitrogens with one attached hydrogen (secondary N) is 2. The summed E-state index contributed by atoms with van der Waals surface area (Å²) in [7, 11) is 0. The molecule has 0 aliphatic heterocycles. The van der Waals surface area contributed by atoms with Crippen molar-refractivity contribution in [2.24, 2.45) is 0 Å². The van der Waals surface area contributed by atoms with Crippen LogP contribution in [0.25, 0.3) is 22.4 Å². The lowest BCUT2D eigenvalue weighted by Crippen LogP contribution is -1.99. The molecule has 0 fully saturated rings. The van der Waals surface area contributed by atoms with Crippen molar-refractivity contribution in [3.8, 4) is 11.5 Å². The summed E-state index contributed by atoms with van der Waals surface area (Å²) < 4.78 is 0. The van der Waals surface area contributed by atoms with Crippen molar-refractivity contribution in [3.05, 3.63) is 52.2 Å². The third-order valence-corrected chi connectivity index (χ3v) is 4.22. The van der Waals surface area contributed by atoms with Gasteiger partial charge in [0.05, 0.1) is 5.56 Å². The van der Waals surface area contributed by atoms with E-state index in [0.717, 1.165) is 10.9 Å². The van der Waals surface area contributed by atoms with Crippen molar-refractivity contribution < 1.29 is 4.79 Å². The minimum absolute atomic E-state index is 0.0927. The Hall–Kier alpha value is -2.80. The summed E-state index contributed by atoms with van der Waals surface area (Å²) in [5.41, 5.74) is 2.20. The van der Waals surface area contributed by atoms with Crippen LogP contribution in [0, 0.1) is 6.92 Å². The van der Waals surface area contributed by atoms with E-state index in [0.29, 0.717) is 27.9 Å². The number of benzene rings is 1. The molecule has 0 radical (unpaired) electrons. The highest BCUT2D eigenvalue weighted by Gasteiger charge is 2.18. The number of H-pyrrole nitrogens is 2. The number of aromatic amines is 2. The average molecular weight is 309 g/mol. The van der Waals surface area contributed by atoms with Crippen molar-refractivity contribution in [3.63, 3.8) is 0 Å². The predicted molar refractivity (Wildman–Crippen MR) is 84.0 cm³/mol. The molecule has 22 heavy (non-hydrogen) atoms. The number of hydrogen-bond donors (Lipinski definition) is 2. The van der Waals surface area contributed by atoms with Gasteiger partial charge in [-0.05, 0) is 13.0 Å². The number of rotatable bonds is 3. The van der Waals surface area contributed by atoms with Gasteiger partial charge < -0.3 is 9.97 Å². The number of fused-ring (bicyclic) bond motifs is 1. The molecule has 0 unspecified atom stereocenters. The molecule has 2 N–H and O–H groups in total. The molecule has 0 atom stereocenters. The predicted octanol–water partition coefficient (Wildman–Crippen LogP) is 2.95. The van der Waals surface area contributed by atoms with Gasteiger partial charge in [0, 0.05) is 22.5 Å². The van der Waals surface area contributed by atoms with Crippen LogP contribution < -0.4 is 0 Å². The molecule has 0 spiro atoms. The summed E-state index contributed by atoms with van der Waals surface area (Å²) in [5.74, 6) is 1.20. The number of para-hydroxylation sites is 1. The summed E-state index contributed by atoms with van der Waals surface area (Å²) in [6.45, 7) is 1.82. The summed E-state index contributed by atoms with van der Waals surface area (Å²) in [4.78, 5) is 23.2. The lowest BCUT2D eigenvalue weighted by molar-refractivity contribution is 0.104. The van der Waals surface area contributed by atoms with E-state index in [2.05, 4.69) is 25.1 Å². The van der Waals surface area contributed by atoms with Gasteiger partial charge in [-0.15, -0.1) is 21.5 Å². The van der Waals surface area contributed by atoms with E-state index in [1.807, 2.05) is 36.6 Å². The first-order chi connectivity index (χ1) is 10.7. The molecule has 108 valence electrons. The van der Waals surface area contributed by atoms with Crippen LogP contribution in [0.5, 0.6) is 0 Å². The summed E-state index contributed by atoms with van der Waals surface area (Å²) >= 11 is 1.31. The van der Waals surface area contributed by atoms with Crippen LogP contribution in [0.2, 0.25) is 0 Å². The van der Waals surface area contributed by atoms with E-state index < -0.39 is 0 Å². The molecule has 0 aliphatic rings. The molecule has 4 rings (SSSR count). The van der Waals surface area contributed by atoms with Crippen molar-refractivity contribution in [2.75, 3.05) is 0 Å². The Kier molecular flexibility index (Phi) is 2.87. The van der Waals surface area contributed by atoms with Gasteiger partial charge in [0.25, 0.3) is 0 Å². The second-order valence-corrected chi connectivity index (χ2v) is 5.73. The number of ketones is 1. The van der Waals surface area contributed by atoms with Crippen LogP contribution >= 0.6 is 11.3 Å². The third kappa shape index (κ3) is 2.03. The summed E-state index contributed by atoms with van der Waals surface area (Å²) in [5, 5.41) is 11.0. The Bertz CT molecular complexity index is 981. The molecule has 0 saturated carbocycles. The molecule has 3 heterocycles. The number of carbonyl (C=O) groups is 1. The van der Waals surface area contributed by atoms with Gasteiger partial charge in [-0.1, -0.05) is 18.2 Å². The van der Waals surface area contributed by atoms with Gasteiger partial charge >= 0.3 is 0 Å². The molecule has 0 amide bonds. The van der Waals surface area contributed by atoms with Crippen molar-refractivity contribution in [1.29, 1.82) is 0 Å². The molecular weight excluding hydrogens is 298 g/mol. The molecule has 3 aromatic heterocycles. The summed E-state index contributed by atoms with van der Waals surface area (Å²) in [6, 6.07) is 7.71. The van der Waals surface area contributed by atoms with Crippen LogP contribution in [-0.2, 0) is 0 Å². The number of nitrogens with zero attached hydrogens (tertiary/aromatic N) is 3. The number of carbonyl (C=O) groups excluding carboxylic acids is 1. The third-order valence-electron chi connectivity index (χ3n) is 3.37. The zero-order chi connectivity index (χ0) is 15.1. The van der Waals surface area contributed by atoms with Gasteiger partial charge in [0.1, 0.15) is 11.5 Å². The molecule has 1 aromatic carbocycles. The fraction of sp³-hybridized carbons (Fsp3) is 0.0667. The second kappa shape index (κ2) is 4.88. The molecule has 4 aromatic rings. The summed E-state index contributed by atoms with van der Waals surface area (Å²) in [6.07, 6.45) is 1.73. The Morgan fingerprint density at radius 3 is 2.91 bits per heavy atom. The minimum atomic E-state index is -0.0927. The van der Waals surface area contributed by atoms with Crippen LogP contribution in [0.4, 0.5) is 0 Å². The van der Waals surface area contributed by atoms with Gasteiger partial charge in [-0.2, -0.15) is 0 Å². The first-order valence-corrected chi connectivity index (χ1v) is 7.56. The Labute approximate surface area is 129 Å². The van der Waals surface area contributed by atoms with E-state index in [-0.39, 0.29) is 5.78 Å². The Morgan fingerprint density at radius 2 is 2.09 bits per heavy atom.